The summed E-state index contributed by atoms with van der Waals surface area (Å²) < 4.78 is 0. The van der Waals surface area contributed by atoms with Crippen molar-refractivity contribution in [1.82, 2.24) is 10.3 Å². The van der Waals surface area contributed by atoms with Crippen LogP contribution in [0.25, 0.3) is 0 Å². The Morgan fingerprint density at radius 2 is 2.62 bits per heavy atom. The summed E-state index contributed by atoms with van der Waals surface area (Å²) in [6.07, 6.45) is 2.41. The van der Waals surface area contributed by atoms with E-state index in [-0.39, 0.29) is 5.92 Å². The van der Waals surface area contributed by atoms with Crippen molar-refractivity contribution in [1.29, 1.82) is 0 Å². The molecule has 1 fully saturated rings. The lowest BCUT2D eigenvalue weighted by Crippen LogP contribution is -2.29. The average Bonchev–Trinajstić information content (AvgIpc) is 2.75. The Morgan fingerprint density at radius 3 is 3.15 bits per heavy atom. The monoisotopic (exact) mass is 198 g/mol. The minimum atomic E-state index is -0.765. The van der Waals surface area contributed by atoms with E-state index in [0.29, 0.717) is 6.42 Å². The van der Waals surface area contributed by atoms with Crippen LogP contribution in [0.1, 0.15) is 17.3 Å². The lowest BCUT2D eigenvalue weighted by atomic mass is 10.1. The van der Waals surface area contributed by atoms with Gasteiger partial charge in [0.1, 0.15) is 6.04 Å². The van der Waals surface area contributed by atoms with Crippen LogP contribution in [0.4, 0.5) is 0 Å². The third-order valence-corrected chi connectivity index (χ3v) is 3.17. The van der Waals surface area contributed by atoms with Crippen molar-refractivity contribution in [2.24, 2.45) is 0 Å². The van der Waals surface area contributed by atoms with E-state index in [1.807, 2.05) is 5.38 Å². The van der Waals surface area contributed by atoms with Crippen LogP contribution in [0.3, 0.4) is 0 Å². The summed E-state index contributed by atoms with van der Waals surface area (Å²) in [6, 6.07) is -0.395. The van der Waals surface area contributed by atoms with Crippen LogP contribution in [0.5, 0.6) is 0 Å². The van der Waals surface area contributed by atoms with Crippen LogP contribution in [-0.2, 0) is 4.79 Å². The van der Waals surface area contributed by atoms with Crippen LogP contribution in [0, 0.1) is 0 Å². The Kier molecular flexibility index (Phi) is 2.28. The fourth-order valence-corrected chi connectivity index (χ4v) is 2.30. The Labute approximate surface area is 79.6 Å². The van der Waals surface area contributed by atoms with Gasteiger partial charge in [-0.3, -0.25) is 4.79 Å². The van der Waals surface area contributed by atoms with Crippen molar-refractivity contribution in [2.45, 2.75) is 18.4 Å². The van der Waals surface area contributed by atoms with E-state index in [1.54, 1.807) is 17.5 Å². The largest absolute Gasteiger partial charge is 0.480 e. The molecule has 0 amide bonds. The van der Waals surface area contributed by atoms with E-state index < -0.39 is 12.0 Å². The van der Waals surface area contributed by atoms with Crippen LogP contribution in [0.2, 0.25) is 0 Å². The number of carboxylic acid groups (broad SMARTS) is 1. The number of rotatable bonds is 2. The molecule has 1 saturated heterocycles. The lowest BCUT2D eigenvalue weighted by molar-refractivity contribution is -0.139. The van der Waals surface area contributed by atoms with E-state index in [2.05, 4.69) is 10.3 Å². The highest BCUT2D eigenvalue weighted by Gasteiger charge is 2.31. The quantitative estimate of drug-likeness (QED) is 0.733. The molecule has 4 nitrogen and oxygen atoms in total. The smallest absolute Gasteiger partial charge is 0.320 e. The second-order valence-electron chi connectivity index (χ2n) is 3.10. The summed E-state index contributed by atoms with van der Waals surface area (Å²) in [7, 11) is 0. The van der Waals surface area contributed by atoms with Crippen LogP contribution in [0.15, 0.2) is 11.6 Å². The van der Waals surface area contributed by atoms with Gasteiger partial charge in [0, 0.05) is 24.0 Å². The van der Waals surface area contributed by atoms with Gasteiger partial charge in [-0.05, 0) is 6.42 Å². The molecule has 0 aromatic carbocycles. The van der Waals surface area contributed by atoms with Gasteiger partial charge in [-0.25, -0.2) is 4.98 Å². The average molecular weight is 198 g/mol. The maximum atomic E-state index is 10.6. The van der Waals surface area contributed by atoms with E-state index in [4.69, 9.17) is 5.11 Å². The highest BCUT2D eigenvalue weighted by Crippen LogP contribution is 2.26. The molecule has 70 valence electrons. The summed E-state index contributed by atoms with van der Waals surface area (Å²) in [5.74, 6) is -0.486. The van der Waals surface area contributed by atoms with Crippen LogP contribution < -0.4 is 5.32 Å². The molecule has 0 spiro atoms. The third-order valence-electron chi connectivity index (χ3n) is 2.23. The topological polar surface area (TPSA) is 62.2 Å². The highest BCUT2D eigenvalue weighted by molar-refractivity contribution is 7.09. The molecule has 2 unspecified atom stereocenters. The molecular formula is C8H10N2O2S. The highest BCUT2D eigenvalue weighted by atomic mass is 32.1. The summed E-state index contributed by atoms with van der Waals surface area (Å²) in [5.41, 5.74) is 0. The van der Waals surface area contributed by atoms with Crippen molar-refractivity contribution < 1.29 is 9.90 Å². The van der Waals surface area contributed by atoms with Crippen LogP contribution >= 0.6 is 11.3 Å². The molecule has 13 heavy (non-hydrogen) atoms. The molecule has 0 bridgehead atoms. The molecule has 0 saturated carbocycles. The van der Waals surface area contributed by atoms with Crippen LogP contribution in [-0.4, -0.2) is 28.6 Å². The minimum Gasteiger partial charge on any atom is -0.480 e. The first-order valence-corrected chi connectivity index (χ1v) is 5.01. The van der Waals surface area contributed by atoms with Crippen molar-refractivity contribution >= 4 is 17.3 Å². The Bertz CT molecular complexity index is 299. The normalized spacial score (nSPS) is 27.7. The van der Waals surface area contributed by atoms with Gasteiger partial charge in [0.25, 0.3) is 0 Å². The minimum absolute atomic E-state index is 0.279. The van der Waals surface area contributed by atoms with Crippen molar-refractivity contribution in [3.05, 3.63) is 16.6 Å². The second-order valence-corrected chi connectivity index (χ2v) is 4.03. The number of carboxylic acids is 1. The number of hydrogen-bond acceptors (Lipinski definition) is 4. The number of hydrogen-bond donors (Lipinski definition) is 2. The molecule has 2 N–H and O–H groups in total. The molecule has 1 aliphatic rings. The number of carbonyl (C=O) groups is 1. The maximum absolute atomic E-state index is 10.6. The van der Waals surface area contributed by atoms with Crippen molar-refractivity contribution in [2.75, 3.05) is 6.54 Å². The zero-order valence-corrected chi connectivity index (χ0v) is 7.75. The van der Waals surface area contributed by atoms with E-state index in [9.17, 15) is 4.79 Å². The predicted molar refractivity (Wildman–Crippen MR) is 48.9 cm³/mol. The van der Waals surface area contributed by atoms with E-state index in [0.717, 1.165) is 11.6 Å². The summed E-state index contributed by atoms with van der Waals surface area (Å²) in [4.78, 5) is 14.8. The molecule has 1 aromatic heterocycles. The molecule has 1 aromatic rings. The second kappa shape index (κ2) is 3.43. The molecular weight excluding hydrogens is 188 g/mol. The Hall–Kier alpha value is -0.940. The molecule has 0 radical (unpaired) electrons. The van der Waals surface area contributed by atoms with Gasteiger partial charge in [0.2, 0.25) is 0 Å². The van der Waals surface area contributed by atoms with Gasteiger partial charge in [-0.15, -0.1) is 11.3 Å². The van der Waals surface area contributed by atoms with Gasteiger partial charge in [-0.2, -0.15) is 0 Å². The van der Waals surface area contributed by atoms with E-state index in [1.165, 1.54) is 0 Å². The van der Waals surface area contributed by atoms with E-state index >= 15 is 0 Å². The lowest BCUT2D eigenvalue weighted by Gasteiger charge is -2.02. The third kappa shape index (κ3) is 1.71. The van der Waals surface area contributed by atoms with Gasteiger partial charge >= 0.3 is 5.97 Å². The van der Waals surface area contributed by atoms with Crippen molar-refractivity contribution in [3.63, 3.8) is 0 Å². The molecule has 5 heteroatoms. The number of thiazole rings is 1. The maximum Gasteiger partial charge on any atom is 0.320 e. The fraction of sp³-hybridized carbons (Fsp3) is 0.500. The number of nitrogens with one attached hydrogen (secondary N) is 1. The first-order chi connectivity index (χ1) is 6.27. The zero-order chi connectivity index (χ0) is 9.26. The van der Waals surface area contributed by atoms with Gasteiger partial charge in [0.15, 0.2) is 0 Å². The molecule has 1 aliphatic heterocycles. The van der Waals surface area contributed by atoms with Crippen molar-refractivity contribution in [3.8, 4) is 0 Å². The first kappa shape index (κ1) is 8.65. The zero-order valence-electron chi connectivity index (χ0n) is 6.93. The van der Waals surface area contributed by atoms with Gasteiger partial charge in [0.05, 0.1) is 5.01 Å². The summed E-state index contributed by atoms with van der Waals surface area (Å²) in [6.45, 7) is 0.727. The molecule has 2 atom stereocenters. The first-order valence-electron chi connectivity index (χ1n) is 4.13. The Morgan fingerprint density at radius 1 is 1.77 bits per heavy atom. The summed E-state index contributed by atoms with van der Waals surface area (Å²) in [5, 5.41) is 14.7. The number of nitrogens with zero attached hydrogens (tertiary/aromatic N) is 1. The van der Waals surface area contributed by atoms with Gasteiger partial charge < -0.3 is 10.4 Å². The summed E-state index contributed by atoms with van der Waals surface area (Å²) >= 11 is 1.59. The van der Waals surface area contributed by atoms with Gasteiger partial charge in [-0.1, -0.05) is 0 Å². The fourth-order valence-electron chi connectivity index (χ4n) is 1.55. The SMILES string of the molecule is O=C(O)C1CC(c2nccs2)CN1. The molecule has 2 heterocycles. The standard InChI is InChI=1S/C8H10N2O2S/c11-8(12)6-3-5(4-10-6)7-9-1-2-13-7/h1-2,5-6,10H,3-4H2,(H,11,12). The predicted octanol–water partition coefficient (Wildman–Crippen LogP) is 0.673. The number of aromatic nitrogens is 1. The Balaban J connectivity index is 2.03. The number of aliphatic carboxylic acids is 1. The molecule has 0 aliphatic carbocycles. The molecule has 2 rings (SSSR count).